The molecular formula is C15H23F3N2. The molecule has 0 radical (unpaired) electrons. The maximum atomic E-state index is 11.9. The van der Waals surface area contributed by atoms with Crippen LogP contribution in [0.25, 0.3) is 0 Å². The summed E-state index contributed by atoms with van der Waals surface area (Å²) in [7, 11) is 0. The zero-order valence-corrected chi connectivity index (χ0v) is 12.2. The number of hydrogen-bond donors (Lipinski definition) is 2. The number of hydrogen-bond acceptors (Lipinski definition) is 2. The number of alkyl halides is 3. The van der Waals surface area contributed by atoms with Crippen molar-refractivity contribution in [2.24, 2.45) is 5.92 Å². The van der Waals surface area contributed by atoms with Gasteiger partial charge in [0.2, 0.25) is 0 Å². The number of para-hydroxylation sites is 1. The molecule has 1 aliphatic rings. The van der Waals surface area contributed by atoms with Gasteiger partial charge in [-0.1, -0.05) is 51.8 Å². The molecule has 0 spiro atoms. The summed E-state index contributed by atoms with van der Waals surface area (Å²) in [4.78, 5) is 0. The van der Waals surface area contributed by atoms with E-state index in [0.29, 0.717) is 11.3 Å². The van der Waals surface area contributed by atoms with Gasteiger partial charge in [-0.2, -0.15) is 13.2 Å². The molecule has 0 bridgehead atoms. The monoisotopic (exact) mass is 288 g/mol. The van der Waals surface area contributed by atoms with Crippen LogP contribution in [-0.2, 0) is 0 Å². The number of nitrogens with one attached hydrogen (secondary N) is 2. The second-order valence-corrected chi connectivity index (χ2v) is 4.38. The highest BCUT2D eigenvalue weighted by Crippen LogP contribution is 2.26. The lowest BCUT2D eigenvalue weighted by Gasteiger charge is -2.11. The molecule has 1 aliphatic carbocycles. The lowest BCUT2D eigenvalue weighted by atomic mass is 10.2. The summed E-state index contributed by atoms with van der Waals surface area (Å²) in [6.07, 6.45) is -0.256. The van der Waals surface area contributed by atoms with Gasteiger partial charge in [-0.15, -0.1) is 0 Å². The molecule has 1 fully saturated rings. The van der Waals surface area contributed by atoms with E-state index in [-0.39, 0.29) is 0 Å². The van der Waals surface area contributed by atoms with Crippen molar-refractivity contribution in [2.45, 2.75) is 39.8 Å². The molecule has 114 valence electrons. The third-order valence-electron chi connectivity index (χ3n) is 2.46. The molecule has 1 saturated carbocycles. The number of anilines is 1. The second kappa shape index (κ2) is 9.39. The molecule has 0 amide bonds. The topological polar surface area (TPSA) is 35.9 Å². The van der Waals surface area contributed by atoms with Crippen molar-refractivity contribution in [3.05, 3.63) is 29.8 Å². The Morgan fingerprint density at radius 2 is 1.75 bits per heavy atom. The van der Waals surface area contributed by atoms with Gasteiger partial charge in [-0.3, -0.25) is 0 Å². The zero-order chi connectivity index (χ0) is 15.6. The van der Waals surface area contributed by atoms with Crippen molar-refractivity contribution in [1.29, 1.82) is 5.41 Å². The molecule has 5 heteroatoms. The standard InChI is InChI=1S/C9H9F3N2.C4H8.C2H6/c10-9(11,12)6-14-8-4-2-1-3-7(8)5-13;1-4-2-3-4;1-2/h1-5,13-14H,6H2;4H,2-3H2,1H3;1-2H3. The molecule has 0 unspecified atom stereocenters. The van der Waals surface area contributed by atoms with Crippen LogP contribution >= 0.6 is 0 Å². The maximum absolute atomic E-state index is 11.9. The van der Waals surface area contributed by atoms with E-state index >= 15 is 0 Å². The lowest BCUT2D eigenvalue weighted by molar-refractivity contribution is -0.115. The van der Waals surface area contributed by atoms with E-state index in [1.807, 2.05) is 13.8 Å². The largest absolute Gasteiger partial charge is 0.405 e. The molecule has 20 heavy (non-hydrogen) atoms. The summed E-state index contributed by atoms with van der Waals surface area (Å²) in [5.74, 6) is 1.08. The molecule has 2 N–H and O–H groups in total. The zero-order valence-electron chi connectivity index (χ0n) is 12.2. The van der Waals surface area contributed by atoms with E-state index in [0.717, 1.165) is 12.1 Å². The smallest absolute Gasteiger partial charge is 0.376 e. The first-order valence-corrected chi connectivity index (χ1v) is 6.82. The first kappa shape index (κ1) is 18.5. The van der Waals surface area contributed by atoms with E-state index < -0.39 is 12.7 Å². The van der Waals surface area contributed by atoms with Crippen LogP contribution in [0.1, 0.15) is 39.2 Å². The van der Waals surface area contributed by atoms with E-state index in [2.05, 4.69) is 12.2 Å². The summed E-state index contributed by atoms with van der Waals surface area (Å²) in [6.45, 7) is 5.19. The molecule has 0 aliphatic heterocycles. The Morgan fingerprint density at radius 1 is 1.25 bits per heavy atom. The van der Waals surface area contributed by atoms with E-state index in [4.69, 9.17) is 5.41 Å². The average molecular weight is 288 g/mol. The molecule has 0 heterocycles. The Labute approximate surface area is 118 Å². The SMILES string of the molecule is CC.CC1CC1.N=Cc1ccccc1NCC(F)(F)F. The van der Waals surface area contributed by atoms with Crippen LogP contribution < -0.4 is 5.32 Å². The third-order valence-corrected chi connectivity index (χ3v) is 2.46. The van der Waals surface area contributed by atoms with Gasteiger partial charge in [0.1, 0.15) is 6.54 Å². The molecular weight excluding hydrogens is 265 g/mol. The van der Waals surface area contributed by atoms with Crippen molar-refractivity contribution in [1.82, 2.24) is 0 Å². The van der Waals surface area contributed by atoms with Crippen LogP contribution in [-0.4, -0.2) is 18.9 Å². The average Bonchev–Trinajstić information content (AvgIpc) is 3.21. The van der Waals surface area contributed by atoms with Crippen LogP contribution in [0.4, 0.5) is 18.9 Å². The fourth-order valence-corrected chi connectivity index (χ4v) is 1.15. The molecule has 0 saturated heterocycles. The second-order valence-electron chi connectivity index (χ2n) is 4.38. The van der Waals surface area contributed by atoms with Crippen LogP contribution in [0.15, 0.2) is 24.3 Å². The minimum Gasteiger partial charge on any atom is -0.376 e. The van der Waals surface area contributed by atoms with Crippen LogP contribution in [0, 0.1) is 11.3 Å². The van der Waals surface area contributed by atoms with Crippen LogP contribution in [0.2, 0.25) is 0 Å². The van der Waals surface area contributed by atoms with Crippen molar-refractivity contribution >= 4 is 11.9 Å². The summed E-state index contributed by atoms with van der Waals surface area (Å²) < 4.78 is 35.6. The first-order valence-electron chi connectivity index (χ1n) is 6.82. The van der Waals surface area contributed by atoms with Gasteiger partial charge >= 0.3 is 6.18 Å². The minimum atomic E-state index is -4.24. The molecule has 2 rings (SSSR count). The van der Waals surface area contributed by atoms with E-state index in [1.165, 1.54) is 18.9 Å². The van der Waals surface area contributed by atoms with Crippen LogP contribution in [0.3, 0.4) is 0 Å². The Bertz CT molecular complexity index is 385. The van der Waals surface area contributed by atoms with Gasteiger partial charge in [0.25, 0.3) is 0 Å². The quantitative estimate of drug-likeness (QED) is 0.746. The molecule has 0 aromatic heterocycles. The van der Waals surface area contributed by atoms with Crippen LogP contribution in [0.5, 0.6) is 0 Å². The molecule has 2 nitrogen and oxygen atoms in total. The summed E-state index contributed by atoms with van der Waals surface area (Å²) in [5, 5.41) is 9.20. The Morgan fingerprint density at radius 3 is 2.15 bits per heavy atom. The molecule has 1 aromatic rings. The number of rotatable bonds is 3. The van der Waals surface area contributed by atoms with Gasteiger partial charge in [0.05, 0.1) is 0 Å². The van der Waals surface area contributed by atoms with E-state index in [9.17, 15) is 13.2 Å². The first-order chi connectivity index (χ1) is 9.42. The Hall–Kier alpha value is -1.52. The van der Waals surface area contributed by atoms with Gasteiger partial charge in [0, 0.05) is 17.5 Å². The third kappa shape index (κ3) is 9.42. The number of halogens is 3. The van der Waals surface area contributed by atoms with Gasteiger partial charge in [-0.25, -0.2) is 0 Å². The normalized spacial score (nSPS) is 13.3. The lowest BCUT2D eigenvalue weighted by Crippen LogP contribution is -2.21. The Kier molecular flexibility index (Phi) is 8.68. The fourth-order valence-electron chi connectivity index (χ4n) is 1.15. The fraction of sp³-hybridized carbons (Fsp3) is 0.533. The highest BCUT2D eigenvalue weighted by atomic mass is 19.4. The van der Waals surface area contributed by atoms with Gasteiger partial charge in [-0.05, 0) is 12.0 Å². The van der Waals surface area contributed by atoms with Crippen molar-refractivity contribution in [3.63, 3.8) is 0 Å². The highest BCUT2D eigenvalue weighted by Gasteiger charge is 2.26. The van der Waals surface area contributed by atoms with Crippen molar-refractivity contribution < 1.29 is 13.2 Å². The predicted octanol–water partition coefficient (Wildman–Crippen LogP) is 5.10. The number of benzene rings is 1. The summed E-state index contributed by atoms with van der Waals surface area (Å²) in [6, 6.07) is 6.36. The van der Waals surface area contributed by atoms with Gasteiger partial charge < -0.3 is 10.7 Å². The summed E-state index contributed by atoms with van der Waals surface area (Å²) >= 11 is 0. The Balaban J connectivity index is 0.000000501. The van der Waals surface area contributed by atoms with Gasteiger partial charge in [0.15, 0.2) is 0 Å². The molecule has 1 aromatic carbocycles. The minimum absolute atomic E-state index is 0.319. The van der Waals surface area contributed by atoms with Crippen molar-refractivity contribution in [3.8, 4) is 0 Å². The van der Waals surface area contributed by atoms with Crippen molar-refractivity contribution in [2.75, 3.05) is 11.9 Å². The maximum Gasteiger partial charge on any atom is 0.405 e. The van der Waals surface area contributed by atoms with E-state index in [1.54, 1.807) is 18.2 Å². The highest BCUT2D eigenvalue weighted by molar-refractivity contribution is 5.85. The predicted molar refractivity (Wildman–Crippen MR) is 78.6 cm³/mol. The molecule has 0 atom stereocenters. The summed E-state index contributed by atoms with van der Waals surface area (Å²) in [5.41, 5.74) is 0.761.